The number of nitrogens with one attached hydrogen (secondary N) is 2. The third-order valence-corrected chi connectivity index (χ3v) is 6.36. The van der Waals surface area contributed by atoms with Gasteiger partial charge < -0.3 is 15.0 Å². The van der Waals surface area contributed by atoms with Gasteiger partial charge in [-0.1, -0.05) is 0 Å². The molecule has 1 saturated heterocycles. The average molecular weight is 504 g/mol. The van der Waals surface area contributed by atoms with Crippen LogP contribution in [0, 0.1) is 11.3 Å². The molecule has 10 heteroatoms. The molecule has 6 rings (SSSR count). The van der Waals surface area contributed by atoms with E-state index < -0.39 is 0 Å². The van der Waals surface area contributed by atoms with Crippen molar-refractivity contribution in [1.29, 1.82) is 5.26 Å². The zero-order chi connectivity index (χ0) is 25.7. The second-order valence-electron chi connectivity index (χ2n) is 8.85. The van der Waals surface area contributed by atoms with Crippen LogP contribution in [0.2, 0.25) is 0 Å². The van der Waals surface area contributed by atoms with Gasteiger partial charge in [0.25, 0.3) is 0 Å². The van der Waals surface area contributed by atoms with Crippen LogP contribution in [-0.4, -0.2) is 53.8 Å². The van der Waals surface area contributed by atoms with Gasteiger partial charge in [-0.25, -0.2) is 15.0 Å². The first-order valence-electron chi connectivity index (χ1n) is 12.3. The first-order chi connectivity index (χ1) is 18.7. The van der Waals surface area contributed by atoms with Crippen LogP contribution in [0.4, 0.5) is 23.0 Å². The van der Waals surface area contributed by atoms with Gasteiger partial charge in [0.15, 0.2) is 5.84 Å². The number of anilines is 4. The van der Waals surface area contributed by atoms with E-state index in [2.05, 4.69) is 42.7 Å². The molecule has 0 unspecified atom stereocenters. The Morgan fingerprint density at radius 3 is 2.61 bits per heavy atom. The number of aromatic nitrogens is 3. The summed E-state index contributed by atoms with van der Waals surface area (Å²) in [5, 5.41) is 14.9. The van der Waals surface area contributed by atoms with Gasteiger partial charge in [0.05, 0.1) is 36.2 Å². The van der Waals surface area contributed by atoms with Gasteiger partial charge in [0.1, 0.15) is 6.67 Å². The second kappa shape index (κ2) is 10.5. The Morgan fingerprint density at radius 2 is 1.82 bits per heavy atom. The van der Waals surface area contributed by atoms with E-state index in [4.69, 9.17) is 9.72 Å². The third-order valence-electron chi connectivity index (χ3n) is 6.36. The van der Waals surface area contributed by atoms with Crippen molar-refractivity contribution >= 4 is 28.8 Å². The molecule has 0 spiro atoms. The lowest BCUT2D eigenvalue weighted by atomic mass is 10.1. The van der Waals surface area contributed by atoms with Gasteiger partial charge in [0.2, 0.25) is 5.95 Å². The van der Waals surface area contributed by atoms with E-state index in [-0.39, 0.29) is 0 Å². The summed E-state index contributed by atoms with van der Waals surface area (Å²) >= 11 is 0. The molecular formula is C28H25N9O. The predicted octanol–water partition coefficient (Wildman–Crippen LogP) is 3.72. The van der Waals surface area contributed by atoms with Crippen LogP contribution in [0.3, 0.4) is 0 Å². The van der Waals surface area contributed by atoms with Gasteiger partial charge in [-0.2, -0.15) is 5.26 Å². The fourth-order valence-electron chi connectivity index (χ4n) is 4.41. The molecule has 0 aliphatic carbocycles. The fraction of sp³-hybridized carbons (Fsp3) is 0.179. The number of ether oxygens (including phenoxy) is 1. The number of nitriles is 1. The van der Waals surface area contributed by atoms with Crippen LogP contribution in [0.25, 0.3) is 11.3 Å². The number of amidine groups is 1. The van der Waals surface area contributed by atoms with E-state index in [9.17, 15) is 5.26 Å². The molecule has 2 aromatic heterocycles. The smallest absolute Gasteiger partial charge is 0.227 e. The minimum absolute atomic E-state index is 0.479. The third kappa shape index (κ3) is 5.09. The van der Waals surface area contributed by atoms with Crippen molar-refractivity contribution < 1.29 is 4.74 Å². The normalized spacial score (nSPS) is 15.0. The topological polar surface area (TPSA) is 115 Å². The summed E-state index contributed by atoms with van der Waals surface area (Å²) in [6.45, 7) is 3.46. The number of hydrazine groups is 1. The molecule has 2 N–H and O–H groups in total. The molecule has 1 fully saturated rings. The van der Waals surface area contributed by atoms with E-state index in [1.165, 1.54) is 0 Å². The van der Waals surface area contributed by atoms with Crippen LogP contribution >= 0.6 is 0 Å². The van der Waals surface area contributed by atoms with Crippen LogP contribution in [0.15, 0.2) is 84.2 Å². The number of rotatable bonds is 6. The lowest BCUT2D eigenvalue weighted by Gasteiger charge is -2.29. The Labute approximate surface area is 220 Å². The zero-order valence-corrected chi connectivity index (χ0v) is 20.6. The summed E-state index contributed by atoms with van der Waals surface area (Å²) in [4.78, 5) is 20.1. The number of hydrogen-bond acceptors (Lipinski definition) is 10. The highest BCUT2D eigenvalue weighted by Gasteiger charge is 2.17. The Kier molecular flexibility index (Phi) is 6.49. The van der Waals surface area contributed by atoms with Crippen molar-refractivity contribution in [1.82, 2.24) is 20.4 Å². The highest BCUT2D eigenvalue weighted by atomic mass is 16.5. The Hall–Kier alpha value is -5.01. The Morgan fingerprint density at radius 1 is 0.947 bits per heavy atom. The molecule has 0 amide bonds. The number of pyridine rings is 1. The summed E-state index contributed by atoms with van der Waals surface area (Å²) in [5.41, 5.74) is 9.32. The van der Waals surface area contributed by atoms with Gasteiger partial charge in [-0.15, -0.1) is 0 Å². The molecular weight excluding hydrogens is 478 g/mol. The van der Waals surface area contributed by atoms with Gasteiger partial charge in [0, 0.05) is 54.2 Å². The number of nitrogens with zero attached hydrogens (tertiary/aromatic N) is 7. The summed E-state index contributed by atoms with van der Waals surface area (Å²) in [5.74, 6) is 1.27. The van der Waals surface area contributed by atoms with Crippen molar-refractivity contribution in [3.05, 3.63) is 90.4 Å². The first kappa shape index (κ1) is 23.4. The molecule has 2 aliphatic heterocycles. The van der Waals surface area contributed by atoms with Crippen LogP contribution in [-0.2, 0) is 4.74 Å². The van der Waals surface area contributed by atoms with E-state index in [1.54, 1.807) is 18.6 Å². The lowest BCUT2D eigenvalue weighted by molar-refractivity contribution is 0.122. The largest absolute Gasteiger partial charge is 0.378 e. The van der Waals surface area contributed by atoms with E-state index >= 15 is 0 Å². The van der Waals surface area contributed by atoms with Crippen LogP contribution < -0.4 is 20.7 Å². The fourth-order valence-corrected chi connectivity index (χ4v) is 4.41. The van der Waals surface area contributed by atoms with Crippen molar-refractivity contribution in [3.63, 3.8) is 0 Å². The van der Waals surface area contributed by atoms with E-state index in [0.29, 0.717) is 31.4 Å². The van der Waals surface area contributed by atoms with Crippen LogP contribution in [0.5, 0.6) is 0 Å². The quantitative estimate of drug-likeness (QED) is 0.406. The molecule has 0 saturated carbocycles. The molecule has 0 atom stereocenters. The summed E-state index contributed by atoms with van der Waals surface area (Å²) < 4.78 is 5.47. The summed E-state index contributed by atoms with van der Waals surface area (Å²) in [6.07, 6.45) is 5.25. The SMILES string of the molecule is N#Cc1cc(-c2ccnc(Nc3ccc(N4CN=C(c5cccnc5)N4)cc3)n2)cc(N2CCOCC2)c1. The van der Waals surface area contributed by atoms with Crippen molar-refractivity contribution in [3.8, 4) is 17.3 Å². The molecule has 4 aromatic rings. The zero-order valence-electron chi connectivity index (χ0n) is 20.6. The average Bonchev–Trinajstić information content (AvgIpc) is 3.49. The lowest BCUT2D eigenvalue weighted by Crippen LogP contribution is -2.36. The molecule has 38 heavy (non-hydrogen) atoms. The maximum atomic E-state index is 9.60. The standard InChI is InChI=1S/C28H25N9O/c29-17-20-14-22(16-25(15-20)36-10-12-38-13-11-36)26-7-9-31-28(34-26)33-23-3-5-24(6-4-23)37-19-32-27(35-37)21-2-1-8-30-18-21/h1-9,14-16,18H,10-13,19H2,(H,32,35)(H,31,33,34). The highest BCUT2D eigenvalue weighted by Crippen LogP contribution is 2.28. The summed E-state index contributed by atoms with van der Waals surface area (Å²) in [7, 11) is 0. The summed E-state index contributed by atoms with van der Waals surface area (Å²) in [6, 6.07) is 21.8. The number of aliphatic imine (C=N–C) groups is 1. The minimum atomic E-state index is 0.479. The molecule has 4 heterocycles. The van der Waals surface area contributed by atoms with Crippen molar-refractivity contribution in [2.45, 2.75) is 0 Å². The molecule has 2 aliphatic rings. The van der Waals surface area contributed by atoms with Gasteiger partial charge >= 0.3 is 0 Å². The monoisotopic (exact) mass is 503 g/mol. The maximum absolute atomic E-state index is 9.60. The Bertz CT molecular complexity index is 1490. The highest BCUT2D eigenvalue weighted by molar-refractivity contribution is 6.00. The van der Waals surface area contributed by atoms with Gasteiger partial charge in [-0.05, 0) is 60.7 Å². The van der Waals surface area contributed by atoms with Crippen molar-refractivity contribution in [2.24, 2.45) is 4.99 Å². The molecule has 0 bridgehead atoms. The molecule has 10 nitrogen and oxygen atoms in total. The number of hydrogen-bond donors (Lipinski definition) is 2. The Balaban J connectivity index is 1.16. The number of benzene rings is 2. The molecule has 2 aromatic carbocycles. The number of morpholine rings is 1. The molecule has 188 valence electrons. The molecule has 0 radical (unpaired) electrons. The second-order valence-corrected chi connectivity index (χ2v) is 8.85. The van der Waals surface area contributed by atoms with E-state index in [0.717, 1.165) is 52.8 Å². The maximum Gasteiger partial charge on any atom is 0.227 e. The first-order valence-corrected chi connectivity index (χ1v) is 12.3. The van der Waals surface area contributed by atoms with Gasteiger partial charge in [-0.3, -0.25) is 15.4 Å². The van der Waals surface area contributed by atoms with E-state index in [1.807, 2.05) is 59.6 Å². The predicted molar refractivity (Wildman–Crippen MR) is 146 cm³/mol. The van der Waals surface area contributed by atoms with Crippen molar-refractivity contribution in [2.75, 3.05) is 48.2 Å². The minimum Gasteiger partial charge on any atom is -0.378 e. The van der Waals surface area contributed by atoms with Crippen LogP contribution in [0.1, 0.15) is 11.1 Å².